The van der Waals surface area contributed by atoms with Gasteiger partial charge in [-0.2, -0.15) is 0 Å². The van der Waals surface area contributed by atoms with Gasteiger partial charge in [0.1, 0.15) is 6.42 Å². The quantitative estimate of drug-likeness (QED) is 0.691. The first-order chi connectivity index (χ1) is 12.9. The summed E-state index contributed by atoms with van der Waals surface area (Å²) in [6.07, 6.45) is 0.279. The molecule has 8 heteroatoms. The summed E-state index contributed by atoms with van der Waals surface area (Å²) >= 11 is 0. The van der Waals surface area contributed by atoms with Gasteiger partial charge in [-0.3, -0.25) is 9.59 Å². The zero-order chi connectivity index (χ0) is 19.4. The third kappa shape index (κ3) is 4.80. The van der Waals surface area contributed by atoms with Crippen LogP contribution in [0, 0.1) is 0 Å². The van der Waals surface area contributed by atoms with Crippen molar-refractivity contribution in [3.8, 4) is 0 Å². The van der Waals surface area contributed by atoms with Gasteiger partial charge in [0.05, 0.1) is 11.5 Å². The Morgan fingerprint density at radius 2 is 1.78 bits per heavy atom. The molecule has 0 bridgehead atoms. The monoisotopic (exact) mass is 393 g/mol. The van der Waals surface area contributed by atoms with Crippen molar-refractivity contribution in [1.29, 1.82) is 0 Å². The summed E-state index contributed by atoms with van der Waals surface area (Å²) < 4.78 is 23.4. The number of sulfone groups is 1. The Labute approximate surface area is 160 Å². The van der Waals surface area contributed by atoms with E-state index in [0.717, 1.165) is 18.8 Å². The Kier molecular flexibility index (Phi) is 6.04. The predicted octanol–water partition coefficient (Wildman–Crippen LogP) is 0.761. The standard InChI is InChI=1S/C19H27N3O4S/c1-2-22(17-8-13-27(25,26)15-17)19(24)14-18(23)21-11-9-20(10-12-21)16-6-4-3-5-7-16/h3-7,17H,2,8-15H2,1H3. The maximum Gasteiger partial charge on any atom is 0.232 e. The van der Waals surface area contributed by atoms with Gasteiger partial charge < -0.3 is 14.7 Å². The summed E-state index contributed by atoms with van der Waals surface area (Å²) in [5.74, 6) is -0.310. The number of para-hydroxylation sites is 1. The van der Waals surface area contributed by atoms with E-state index in [2.05, 4.69) is 17.0 Å². The molecule has 0 N–H and O–H groups in total. The number of rotatable bonds is 5. The lowest BCUT2D eigenvalue weighted by molar-refractivity contribution is -0.141. The van der Waals surface area contributed by atoms with Gasteiger partial charge in [0.2, 0.25) is 11.8 Å². The number of piperazine rings is 1. The predicted molar refractivity (Wildman–Crippen MR) is 104 cm³/mol. The lowest BCUT2D eigenvalue weighted by Crippen LogP contribution is -2.50. The van der Waals surface area contributed by atoms with Crippen LogP contribution in [0.4, 0.5) is 5.69 Å². The molecule has 2 saturated heterocycles. The number of hydrogen-bond acceptors (Lipinski definition) is 5. The summed E-state index contributed by atoms with van der Waals surface area (Å²) in [6.45, 7) is 4.90. The van der Waals surface area contributed by atoms with Crippen LogP contribution in [-0.4, -0.2) is 80.3 Å². The summed E-state index contributed by atoms with van der Waals surface area (Å²) in [7, 11) is -3.06. The fourth-order valence-corrected chi connectivity index (χ4v) is 5.59. The maximum atomic E-state index is 12.6. The van der Waals surface area contributed by atoms with Gasteiger partial charge in [0, 0.05) is 44.5 Å². The maximum absolute atomic E-state index is 12.6. The van der Waals surface area contributed by atoms with Crippen molar-refractivity contribution in [2.45, 2.75) is 25.8 Å². The third-order valence-electron chi connectivity index (χ3n) is 5.37. The second-order valence-corrected chi connectivity index (χ2v) is 9.35. The van der Waals surface area contributed by atoms with Crippen molar-refractivity contribution in [2.75, 3.05) is 49.1 Å². The molecule has 3 rings (SSSR count). The molecule has 148 valence electrons. The van der Waals surface area contributed by atoms with Gasteiger partial charge in [-0.25, -0.2) is 8.42 Å². The lowest BCUT2D eigenvalue weighted by atomic mass is 10.2. The normalized spacial score (nSPS) is 21.9. The molecular weight excluding hydrogens is 366 g/mol. The SMILES string of the molecule is CCN(C(=O)CC(=O)N1CCN(c2ccccc2)CC1)C1CCS(=O)(=O)C1. The van der Waals surface area contributed by atoms with Crippen molar-refractivity contribution in [1.82, 2.24) is 9.80 Å². The molecule has 0 saturated carbocycles. The third-order valence-corrected chi connectivity index (χ3v) is 7.12. The van der Waals surface area contributed by atoms with Gasteiger partial charge in [-0.15, -0.1) is 0 Å². The summed E-state index contributed by atoms with van der Waals surface area (Å²) in [5.41, 5.74) is 1.14. The van der Waals surface area contributed by atoms with E-state index in [-0.39, 0.29) is 35.8 Å². The van der Waals surface area contributed by atoms with E-state index in [0.29, 0.717) is 26.1 Å². The molecule has 2 heterocycles. The summed E-state index contributed by atoms with van der Waals surface area (Å²) in [4.78, 5) is 30.7. The van der Waals surface area contributed by atoms with Crippen molar-refractivity contribution in [3.63, 3.8) is 0 Å². The number of carbonyl (C=O) groups is 2. The average Bonchev–Trinajstić information content (AvgIpc) is 3.02. The highest BCUT2D eigenvalue weighted by molar-refractivity contribution is 7.91. The molecule has 0 radical (unpaired) electrons. The number of nitrogens with zero attached hydrogens (tertiary/aromatic N) is 3. The van der Waals surface area contributed by atoms with Crippen LogP contribution >= 0.6 is 0 Å². The molecule has 0 spiro atoms. The molecule has 2 aliphatic rings. The first-order valence-electron chi connectivity index (χ1n) is 9.47. The van der Waals surface area contributed by atoms with Crippen LogP contribution < -0.4 is 4.90 Å². The van der Waals surface area contributed by atoms with Crippen LogP contribution in [0.5, 0.6) is 0 Å². The van der Waals surface area contributed by atoms with Crippen LogP contribution in [0.15, 0.2) is 30.3 Å². The molecule has 1 aromatic rings. The number of anilines is 1. The Morgan fingerprint density at radius 1 is 1.11 bits per heavy atom. The Hall–Kier alpha value is -2.09. The van der Waals surface area contributed by atoms with Crippen LogP contribution in [0.1, 0.15) is 19.8 Å². The molecule has 1 unspecified atom stereocenters. The Balaban J connectivity index is 1.52. The van der Waals surface area contributed by atoms with E-state index < -0.39 is 9.84 Å². The molecule has 1 atom stereocenters. The Bertz CT molecular complexity index is 773. The van der Waals surface area contributed by atoms with E-state index in [1.165, 1.54) is 0 Å². The smallest absolute Gasteiger partial charge is 0.232 e. The summed E-state index contributed by atoms with van der Waals surface area (Å²) in [6, 6.07) is 9.77. The highest BCUT2D eigenvalue weighted by Gasteiger charge is 2.35. The average molecular weight is 394 g/mol. The summed E-state index contributed by atoms with van der Waals surface area (Å²) in [5, 5.41) is 0. The highest BCUT2D eigenvalue weighted by Crippen LogP contribution is 2.19. The van der Waals surface area contributed by atoms with E-state index >= 15 is 0 Å². The van der Waals surface area contributed by atoms with Crippen molar-refractivity contribution >= 4 is 27.3 Å². The second-order valence-electron chi connectivity index (χ2n) is 7.12. The van der Waals surface area contributed by atoms with Crippen molar-refractivity contribution in [3.05, 3.63) is 30.3 Å². The van der Waals surface area contributed by atoms with E-state index in [9.17, 15) is 18.0 Å². The topological polar surface area (TPSA) is 78.0 Å². The van der Waals surface area contributed by atoms with Crippen LogP contribution in [-0.2, 0) is 19.4 Å². The second kappa shape index (κ2) is 8.29. The fraction of sp³-hybridized carbons (Fsp3) is 0.579. The van der Waals surface area contributed by atoms with E-state index in [1.54, 1.807) is 9.80 Å². The lowest BCUT2D eigenvalue weighted by Gasteiger charge is -2.36. The van der Waals surface area contributed by atoms with Crippen LogP contribution in [0.2, 0.25) is 0 Å². The Morgan fingerprint density at radius 3 is 2.33 bits per heavy atom. The van der Waals surface area contributed by atoms with Crippen LogP contribution in [0.3, 0.4) is 0 Å². The molecular formula is C19H27N3O4S. The van der Waals surface area contributed by atoms with Gasteiger partial charge in [-0.05, 0) is 25.5 Å². The minimum atomic E-state index is -3.06. The molecule has 1 aromatic carbocycles. The molecule has 2 amide bonds. The number of amides is 2. The zero-order valence-electron chi connectivity index (χ0n) is 15.7. The van der Waals surface area contributed by atoms with Crippen molar-refractivity contribution in [2.24, 2.45) is 0 Å². The number of hydrogen-bond donors (Lipinski definition) is 0. The molecule has 2 aliphatic heterocycles. The van der Waals surface area contributed by atoms with Gasteiger partial charge >= 0.3 is 0 Å². The molecule has 27 heavy (non-hydrogen) atoms. The minimum absolute atomic E-state index is 0.0104. The van der Waals surface area contributed by atoms with E-state index in [1.807, 2.05) is 25.1 Å². The molecule has 0 aromatic heterocycles. The number of carbonyl (C=O) groups excluding carboxylic acids is 2. The van der Waals surface area contributed by atoms with Crippen LogP contribution in [0.25, 0.3) is 0 Å². The minimum Gasteiger partial charge on any atom is -0.368 e. The first-order valence-corrected chi connectivity index (χ1v) is 11.3. The number of benzene rings is 1. The zero-order valence-corrected chi connectivity index (χ0v) is 16.5. The van der Waals surface area contributed by atoms with Gasteiger partial charge in [0.25, 0.3) is 0 Å². The molecule has 0 aliphatic carbocycles. The van der Waals surface area contributed by atoms with Crippen molar-refractivity contribution < 1.29 is 18.0 Å². The molecule has 2 fully saturated rings. The van der Waals surface area contributed by atoms with Gasteiger partial charge in [0.15, 0.2) is 9.84 Å². The first kappa shape index (κ1) is 19.7. The highest BCUT2D eigenvalue weighted by atomic mass is 32.2. The molecule has 7 nitrogen and oxygen atoms in total. The van der Waals surface area contributed by atoms with E-state index in [4.69, 9.17) is 0 Å². The fourth-order valence-electron chi connectivity index (χ4n) is 3.85. The van der Waals surface area contributed by atoms with Gasteiger partial charge in [-0.1, -0.05) is 18.2 Å². The largest absolute Gasteiger partial charge is 0.368 e.